The number of rotatable bonds is 4. The van der Waals surface area contributed by atoms with Crippen LogP contribution in [0.25, 0.3) is 5.65 Å². The first-order chi connectivity index (χ1) is 9.13. The van der Waals surface area contributed by atoms with Crippen molar-refractivity contribution >= 4 is 21.0 Å². The van der Waals surface area contributed by atoms with Crippen LogP contribution in [0, 0.1) is 0 Å². The Balaban J connectivity index is 0.000000861. The van der Waals surface area contributed by atoms with Crippen molar-refractivity contribution in [3.8, 4) is 0 Å². The number of hydrogen-bond donors (Lipinski definition) is 2. The van der Waals surface area contributed by atoms with Crippen molar-refractivity contribution in [2.45, 2.75) is 26.4 Å². The number of anilines is 1. The molecule has 0 saturated carbocycles. The zero-order valence-electron chi connectivity index (χ0n) is 11.4. The standard InChI is InChI=1S/C9H14N5O2P.C2H6/c1-13(17)9-11-5-10-8-6(2-7(16)4-15)3-12-14(8)9;1-2/h3,5,7,15-16H,2,4,17H2,1H3;1-2H3. The molecule has 2 heterocycles. The third-order valence-electron chi connectivity index (χ3n) is 2.34. The zero-order valence-corrected chi connectivity index (χ0v) is 12.5. The lowest BCUT2D eigenvalue weighted by Crippen LogP contribution is -2.15. The molecule has 2 atom stereocenters. The molecular weight excluding hydrogens is 265 g/mol. The van der Waals surface area contributed by atoms with E-state index in [0.717, 1.165) is 5.56 Å². The first-order valence-corrected chi connectivity index (χ1v) is 6.60. The van der Waals surface area contributed by atoms with E-state index in [1.165, 1.54) is 6.33 Å². The average molecular weight is 285 g/mol. The Morgan fingerprint density at radius 2 is 2.11 bits per heavy atom. The summed E-state index contributed by atoms with van der Waals surface area (Å²) in [5.41, 5.74) is 1.42. The summed E-state index contributed by atoms with van der Waals surface area (Å²) < 4.78 is 3.33. The molecule has 0 aliphatic rings. The Morgan fingerprint density at radius 1 is 1.42 bits per heavy atom. The lowest BCUT2D eigenvalue weighted by Gasteiger charge is -2.11. The van der Waals surface area contributed by atoms with Gasteiger partial charge in [-0.2, -0.15) is 9.61 Å². The van der Waals surface area contributed by atoms with Gasteiger partial charge in [0.2, 0.25) is 5.95 Å². The van der Waals surface area contributed by atoms with Crippen molar-refractivity contribution in [1.29, 1.82) is 0 Å². The van der Waals surface area contributed by atoms with E-state index >= 15 is 0 Å². The maximum absolute atomic E-state index is 9.42. The van der Waals surface area contributed by atoms with E-state index in [2.05, 4.69) is 24.5 Å². The second-order valence-corrected chi connectivity index (χ2v) is 4.50. The molecule has 0 saturated heterocycles. The molecule has 8 heteroatoms. The molecule has 0 aromatic carbocycles. The minimum Gasteiger partial charge on any atom is -0.394 e. The van der Waals surface area contributed by atoms with E-state index in [1.807, 2.05) is 20.9 Å². The molecule has 7 nitrogen and oxygen atoms in total. The van der Waals surface area contributed by atoms with Gasteiger partial charge in [-0.15, -0.1) is 0 Å². The van der Waals surface area contributed by atoms with Crippen molar-refractivity contribution in [3.05, 3.63) is 18.1 Å². The highest BCUT2D eigenvalue weighted by atomic mass is 31.0. The molecule has 2 unspecified atom stereocenters. The van der Waals surface area contributed by atoms with Gasteiger partial charge in [0.1, 0.15) is 6.33 Å². The largest absolute Gasteiger partial charge is 0.394 e. The van der Waals surface area contributed by atoms with E-state index in [1.54, 1.807) is 15.4 Å². The van der Waals surface area contributed by atoms with E-state index in [4.69, 9.17) is 5.11 Å². The first-order valence-electron chi connectivity index (χ1n) is 6.08. The summed E-state index contributed by atoms with van der Waals surface area (Å²) in [7, 11) is 4.32. The summed E-state index contributed by atoms with van der Waals surface area (Å²) in [4.78, 5) is 8.23. The molecular formula is C11H20N5O2P. The summed E-state index contributed by atoms with van der Waals surface area (Å²) in [5, 5.41) is 22.4. The number of fused-ring (bicyclic) bond motifs is 1. The molecule has 19 heavy (non-hydrogen) atoms. The van der Waals surface area contributed by atoms with E-state index in [-0.39, 0.29) is 6.61 Å². The molecule has 0 aliphatic carbocycles. The van der Waals surface area contributed by atoms with Gasteiger partial charge >= 0.3 is 0 Å². The summed E-state index contributed by atoms with van der Waals surface area (Å²) >= 11 is 0. The normalized spacial score (nSPS) is 11.9. The van der Waals surface area contributed by atoms with Crippen LogP contribution in [-0.2, 0) is 6.42 Å². The van der Waals surface area contributed by atoms with Crippen LogP contribution >= 0.6 is 9.39 Å². The molecule has 106 valence electrons. The monoisotopic (exact) mass is 285 g/mol. The average Bonchev–Trinajstić information content (AvgIpc) is 2.84. The van der Waals surface area contributed by atoms with Gasteiger partial charge in [0, 0.05) is 19.0 Å². The molecule has 2 N–H and O–H groups in total. The van der Waals surface area contributed by atoms with E-state index < -0.39 is 6.10 Å². The van der Waals surface area contributed by atoms with Gasteiger partial charge in [-0.25, -0.2) is 9.97 Å². The smallest absolute Gasteiger partial charge is 0.232 e. The quantitative estimate of drug-likeness (QED) is 0.784. The highest BCUT2D eigenvalue weighted by molar-refractivity contribution is 7.18. The Bertz CT molecular complexity index is 517. The van der Waals surface area contributed by atoms with Crippen LogP contribution in [0.4, 0.5) is 5.95 Å². The first kappa shape index (κ1) is 15.8. The summed E-state index contributed by atoms with van der Waals surface area (Å²) in [5.74, 6) is 0.629. The molecule has 2 aromatic rings. The third kappa shape index (κ3) is 3.59. The highest BCUT2D eigenvalue weighted by Gasteiger charge is 2.13. The Hall–Kier alpha value is -1.30. The topological polar surface area (TPSA) is 86.8 Å². The second kappa shape index (κ2) is 7.33. The minimum atomic E-state index is -0.796. The van der Waals surface area contributed by atoms with E-state index in [9.17, 15) is 5.11 Å². The molecule has 0 spiro atoms. The van der Waals surface area contributed by atoms with Gasteiger partial charge in [-0.05, 0) is 9.39 Å². The third-order valence-corrected chi connectivity index (χ3v) is 2.57. The highest BCUT2D eigenvalue weighted by Crippen LogP contribution is 2.16. The second-order valence-electron chi connectivity index (χ2n) is 3.73. The van der Waals surface area contributed by atoms with Crippen molar-refractivity contribution in [1.82, 2.24) is 19.6 Å². The summed E-state index contributed by atoms with van der Waals surface area (Å²) in [6.45, 7) is 3.72. The van der Waals surface area contributed by atoms with Crippen LogP contribution in [0.15, 0.2) is 12.5 Å². The Labute approximate surface area is 114 Å². The molecule has 0 bridgehead atoms. The number of hydrogen-bond acceptors (Lipinski definition) is 6. The molecule has 2 aromatic heterocycles. The SMILES string of the molecule is CC.CN(P)c1ncnc2c(CC(O)CO)cnn12. The molecule has 0 aliphatic heterocycles. The maximum atomic E-state index is 9.42. The van der Waals surface area contributed by atoms with Crippen molar-refractivity contribution < 1.29 is 10.2 Å². The van der Waals surface area contributed by atoms with Gasteiger partial charge in [0.15, 0.2) is 5.65 Å². The number of aliphatic hydroxyl groups is 2. The fourth-order valence-electron chi connectivity index (χ4n) is 1.55. The van der Waals surface area contributed by atoms with E-state index in [0.29, 0.717) is 18.0 Å². The number of aromatic nitrogens is 4. The maximum Gasteiger partial charge on any atom is 0.232 e. The van der Waals surface area contributed by atoms with Crippen LogP contribution in [0.3, 0.4) is 0 Å². The van der Waals surface area contributed by atoms with Gasteiger partial charge in [0.25, 0.3) is 0 Å². The Morgan fingerprint density at radius 3 is 2.68 bits per heavy atom. The predicted octanol–water partition coefficient (Wildman–Crippen LogP) is 0.272. The van der Waals surface area contributed by atoms with Crippen LogP contribution < -0.4 is 4.67 Å². The van der Waals surface area contributed by atoms with Gasteiger partial charge in [-0.3, -0.25) is 0 Å². The van der Waals surface area contributed by atoms with Gasteiger partial charge < -0.3 is 14.9 Å². The molecule has 2 rings (SSSR count). The zero-order chi connectivity index (χ0) is 14.4. The van der Waals surface area contributed by atoms with Gasteiger partial charge in [-0.1, -0.05) is 13.8 Å². The summed E-state index contributed by atoms with van der Waals surface area (Å²) in [6, 6.07) is 0. The fourth-order valence-corrected chi connectivity index (χ4v) is 1.73. The molecule has 0 fully saturated rings. The van der Waals surface area contributed by atoms with Crippen LogP contribution in [0.5, 0.6) is 0 Å². The lowest BCUT2D eigenvalue weighted by atomic mass is 10.1. The van der Waals surface area contributed by atoms with Crippen molar-refractivity contribution in [2.24, 2.45) is 0 Å². The molecule has 0 radical (unpaired) electrons. The summed E-state index contributed by atoms with van der Waals surface area (Å²) in [6.07, 6.45) is 2.59. The predicted molar refractivity (Wildman–Crippen MR) is 77.0 cm³/mol. The van der Waals surface area contributed by atoms with Crippen LogP contribution in [0.1, 0.15) is 19.4 Å². The van der Waals surface area contributed by atoms with Crippen LogP contribution in [0.2, 0.25) is 0 Å². The van der Waals surface area contributed by atoms with Crippen molar-refractivity contribution in [3.63, 3.8) is 0 Å². The van der Waals surface area contributed by atoms with Crippen LogP contribution in [-0.4, -0.2) is 49.6 Å². The Kier molecular flexibility index (Phi) is 6.08. The van der Waals surface area contributed by atoms with Gasteiger partial charge in [0.05, 0.1) is 18.9 Å². The number of aliphatic hydroxyl groups excluding tert-OH is 2. The number of nitrogens with zero attached hydrogens (tertiary/aromatic N) is 5. The fraction of sp³-hybridized carbons (Fsp3) is 0.545. The minimum absolute atomic E-state index is 0.279. The van der Waals surface area contributed by atoms with Crippen molar-refractivity contribution in [2.75, 3.05) is 18.3 Å². The molecule has 0 amide bonds. The lowest BCUT2D eigenvalue weighted by molar-refractivity contribution is 0.0957.